The molecular weight excluding hydrogens is 148 g/mol. The van der Waals surface area contributed by atoms with Gasteiger partial charge in [-0.15, -0.1) is 30.3 Å². The van der Waals surface area contributed by atoms with Gasteiger partial charge >= 0.3 is 8.18 Å². The summed E-state index contributed by atoms with van der Waals surface area (Å²) in [4.78, 5) is 8.81. The molecule has 0 aromatic rings. The first kappa shape index (κ1) is 16.0. The van der Waals surface area contributed by atoms with Crippen LogP contribution in [0.4, 0.5) is 0 Å². The maximum atomic E-state index is 8.81. The lowest BCUT2D eigenvalue weighted by atomic mass is 13.9. The van der Waals surface area contributed by atoms with Crippen molar-refractivity contribution in [2.75, 3.05) is 0 Å². The fourth-order valence-corrected chi connectivity index (χ4v) is 0. The van der Waals surface area contributed by atoms with Crippen molar-refractivity contribution in [2.24, 2.45) is 5.50 Å². The molecule has 40 valence electrons. The molecule has 2 N–H and O–H groups in total. The van der Waals surface area contributed by atoms with Gasteiger partial charge < -0.3 is 4.89 Å². The zero-order valence-corrected chi connectivity index (χ0v) is 5.18. The SMILES string of the molecule is Cl.Cl.N[P+](=O)[O-]. The van der Waals surface area contributed by atoms with E-state index in [0.29, 0.717) is 0 Å². The van der Waals surface area contributed by atoms with Gasteiger partial charge in [-0.25, -0.2) is 0 Å². The van der Waals surface area contributed by atoms with E-state index in [4.69, 9.17) is 9.46 Å². The summed E-state index contributed by atoms with van der Waals surface area (Å²) < 4.78 is 8.81. The maximum Gasteiger partial charge on any atom is 0.405 e. The van der Waals surface area contributed by atoms with Crippen LogP contribution in [0.15, 0.2) is 0 Å². The van der Waals surface area contributed by atoms with Crippen LogP contribution in [-0.2, 0) is 4.57 Å². The molecule has 0 amide bonds. The molecule has 0 bridgehead atoms. The third-order valence-electron chi connectivity index (χ3n) is 0. The second-order valence-electron chi connectivity index (χ2n) is 0.285. The van der Waals surface area contributed by atoms with Crippen molar-refractivity contribution in [1.29, 1.82) is 0 Å². The van der Waals surface area contributed by atoms with E-state index in [1.54, 1.807) is 0 Å². The van der Waals surface area contributed by atoms with E-state index in [9.17, 15) is 0 Å². The van der Waals surface area contributed by atoms with Crippen LogP contribution >= 0.6 is 33.0 Å². The van der Waals surface area contributed by atoms with Crippen molar-refractivity contribution in [3.63, 3.8) is 0 Å². The molecule has 3 nitrogen and oxygen atoms in total. The summed E-state index contributed by atoms with van der Waals surface area (Å²) in [6.07, 6.45) is 0. The van der Waals surface area contributed by atoms with Gasteiger partial charge in [-0.1, -0.05) is 4.57 Å². The van der Waals surface area contributed by atoms with E-state index < -0.39 is 8.18 Å². The van der Waals surface area contributed by atoms with Gasteiger partial charge in [0.15, 0.2) is 0 Å². The fraction of sp³-hybridized carbons (Fsp3) is 0. The van der Waals surface area contributed by atoms with Crippen LogP contribution in [-0.4, -0.2) is 0 Å². The smallest absolute Gasteiger partial charge is 0.405 e. The van der Waals surface area contributed by atoms with Gasteiger partial charge in [-0.2, -0.15) is 0 Å². The zero-order chi connectivity index (χ0) is 3.58. The Morgan fingerprint density at radius 3 is 1.50 bits per heavy atom. The van der Waals surface area contributed by atoms with Gasteiger partial charge in [0.05, 0.1) is 0 Å². The highest BCUT2D eigenvalue weighted by molar-refractivity contribution is 7.33. The van der Waals surface area contributed by atoms with Crippen molar-refractivity contribution >= 4 is 33.0 Å². The average molecular weight is 152 g/mol. The topological polar surface area (TPSA) is 66.2 Å². The fourth-order valence-electron chi connectivity index (χ4n) is 0. The van der Waals surface area contributed by atoms with Crippen LogP contribution < -0.4 is 10.4 Å². The lowest BCUT2D eigenvalue weighted by Gasteiger charge is -1.59. The number of hydrogen-bond donors (Lipinski definition) is 1. The van der Waals surface area contributed by atoms with Gasteiger partial charge in [0.1, 0.15) is 0 Å². The van der Waals surface area contributed by atoms with Gasteiger partial charge in [-0.05, 0) is 0 Å². The van der Waals surface area contributed by atoms with Gasteiger partial charge in [0, 0.05) is 0 Å². The molecular formula is H4Cl2NO2P. The van der Waals surface area contributed by atoms with Crippen LogP contribution in [0, 0.1) is 0 Å². The van der Waals surface area contributed by atoms with Gasteiger partial charge in [0.2, 0.25) is 0 Å². The molecule has 0 radical (unpaired) electrons. The second-order valence-corrected chi connectivity index (χ2v) is 0.856. The molecule has 0 saturated carbocycles. The lowest BCUT2D eigenvalue weighted by Crippen LogP contribution is -1.91. The van der Waals surface area contributed by atoms with E-state index in [0.717, 1.165) is 0 Å². The lowest BCUT2D eigenvalue weighted by molar-refractivity contribution is -0.164. The Balaban J connectivity index is -0.0000000450. The van der Waals surface area contributed by atoms with Crippen molar-refractivity contribution in [3.8, 4) is 0 Å². The largest absolute Gasteiger partial charge is 0.578 e. The zero-order valence-electron chi connectivity index (χ0n) is 2.66. The first-order valence-corrected chi connectivity index (χ1v) is 1.87. The van der Waals surface area contributed by atoms with Crippen molar-refractivity contribution < 1.29 is 9.46 Å². The molecule has 6 heavy (non-hydrogen) atoms. The van der Waals surface area contributed by atoms with Crippen LogP contribution in [0.25, 0.3) is 0 Å². The molecule has 0 saturated heterocycles. The Kier molecular flexibility index (Phi) is 24.3. The summed E-state index contributed by atoms with van der Waals surface area (Å²) in [6.45, 7) is 0. The first-order chi connectivity index (χ1) is 1.73. The van der Waals surface area contributed by atoms with E-state index in [1.165, 1.54) is 0 Å². The minimum atomic E-state index is -2.62. The Morgan fingerprint density at radius 2 is 1.50 bits per heavy atom. The third-order valence-corrected chi connectivity index (χ3v) is 0. The van der Waals surface area contributed by atoms with Crippen LogP contribution in [0.1, 0.15) is 0 Å². The molecule has 0 aromatic heterocycles. The van der Waals surface area contributed by atoms with Crippen molar-refractivity contribution in [1.82, 2.24) is 0 Å². The second kappa shape index (κ2) is 9.14. The molecule has 6 heteroatoms. The molecule has 0 aliphatic carbocycles. The predicted octanol–water partition coefficient (Wildman–Crippen LogP) is -0.194. The number of hydrogen-bond acceptors (Lipinski definition) is 2. The summed E-state index contributed by atoms with van der Waals surface area (Å²) in [6, 6.07) is 0. The summed E-state index contributed by atoms with van der Waals surface area (Å²) in [5.74, 6) is 0. The van der Waals surface area contributed by atoms with E-state index in [-0.39, 0.29) is 24.8 Å². The summed E-state index contributed by atoms with van der Waals surface area (Å²) in [7, 11) is -2.62. The Hall–Kier alpha value is 0.600. The van der Waals surface area contributed by atoms with Crippen LogP contribution in [0.3, 0.4) is 0 Å². The standard InChI is InChI=1S/2ClH.H2NO2P/c;;1-4(2)3/h2*1H;(H2,1,2,3). The molecule has 0 heterocycles. The molecule has 0 spiro atoms. The van der Waals surface area contributed by atoms with Crippen LogP contribution in [0.5, 0.6) is 0 Å². The molecule has 0 aliphatic heterocycles. The highest BCUT2D eigenvalue weighted by atomic mass is 35.5. The molecule has 1 unspecified atom stereocenters. The van der Waals surface area contributed by atoms with E-state index >= 15 is 0 Å². The monoisotopic (exact) mass is 151 g/mol. The highest BCUT2D eigenvalue weighted by Gasteiger charge is 1.69. The summed E-state index contributed by atoms with van der Waals surface area (Å²) >= 11 is 0. The quantitative estimate of drug-likeness (QED) is 0.489. The van der Waals surface area contributed by atoms with Gasteiger partial charge in [-0.3, -0.25) is 0 Å². The Bertz CT molecular complexity index is 34.5. The van der Waals surface area contributed by atoms with E-state index in [1.807, 2.05) is 0 Å². The van der Waals surface area contributed by atoms with Crippen molar-refractivity contribution in [3.05, 3.63) is 0 Å². The molecule has 0 aliphatic rings. The van der Waals surface area contributed by atoms with Crippen LogP contribution in [0.2, 0.25) is 0 Å². The first-order valence-electron chi connectivity index (χ1n) is 0.623. The minimum absolute atomic E-state index is 0. The normalized spacial score (nSPS) is 7.33. The van der Waals surface area contributed by atoms with Crippen molar-refractivity contribution in [2.45, 2.75) is 0 Å². The minimum Gasteiger partial charge on any atom is -0.578 e. The average Bonchev–Trinajstić information content (AvgIpc) is 0.811. The predicted molar refractivity (Wildman–Crippen MR) is 26.3 cm³/mol. The number of nitrogens with two attached hydrogens (primary N) is 1. The molecule has 1 atom stereocenters. The number of halogens is 2. The summed E-state index contributed by atoms with van der Waals surface area (Å²) in [5.41, 5.74) is 4.06. The number of rotatable bonds is 0. The molecule has 0 aromatic carbocycles. The maximum absolute atomic E-state index is 8.81. The summed E-state index contributed by atoms with van der Waals surface area (Å²) in [5, 5.41) is 0. The molecule has 0 rings (SSSR count). The van der Waals surface area contributed by atoms with E-state index in [2.05, 4.69) is 5.50 Å². The highest BCUT2D eigenvalue weighted by Crippen LogP contribution is 1.81. The molecule has 0 fully saturated rings. The third kappa shape index (κ3) is 166. The Morgan fingerprint density at radius 1 is 1.50 bits per heavy atom. The van der Waals surface area contributed by atoms with Gasteiger partial charge in [0.25, 0.3) is 0 Å². The Labute approximate surface area is 48.7 Å².